The third kappa shape index (κ3) is 7.66. The van der Waals surface area contributed by atoms with Crippen molar-refractivity contribution in [3.8, 4) is 0 Å². The van der Waals surface area contributed by atoms with Crippen LogP contribution < -0.4 is 4.90 Å². The van der Waals surface area contributed by atoms with Crippen LogP contribution in [0.3, 0.4) is 0 Å². The molecule has 0 radical (unpaired) electrons. The second kappa shape index (κ2) is 13.4. The molecule has 7 nitrogen and oxygen atoms in total. The Bertz CT molecular complexity index is 835. The molecule has 1 saturated carbocycles. The summed E-state index contributed by atoms with van der Waals surface area (Å²) in [6.07, 6.45) is 16.5. The summed E-state index contributed by atoms with van der Waals surface area (Å²) in [5.74, 6) is -2.03. The third-order valence-electron chi connectivity index (χ3n) is 7.75. The Morgan fingerprint density at radius 1 is 0.800 bits per heavy atom. The molecule has 1 aliphatic carbocycles. The minimum absolute atomic E-state index is 0.228. The van der Waals surface area contributed by atoms with Gasteiger partial charge >= 0.3 is 11.9 Å². The van der Waals surface area contributed by atoms with Crippen molar-refractivity contribution in [1.82, 2.24) is 4.90 Å². The van der Waals surface area contributed by atoms with Gasteiger partial charge in [-0.1, -0.05) is 63.1 Å². The van der Waals surface area contributed by atoms with Gasteiger partial charge < -0.3 is 20.0 Å². The number of Topliss-reactive ketones (excluding diaryl/α,β-unsaturated/α-hetero) is 1. The number of hydrogen-bond acceptors (Lipinski definition) is 5. The van der Waals surface area contributed by atoms with E-state index in [4.69, 9.17) is 10.2 Å². The van der Waals surface area contributed by atoms with E-state index in [9.17, 15) is 14.4 Å². The highest BCUT2D eigenvalue weighted by Crippen LogP contribution is 2.40. The molecule has 7 heteroatoms. The molecule has 0 amide bonds. The molecule has 0 bridgehead atoms. The van der Waals surface area contributed by atoms with Gasteiger partial charge in [0, 0.05) is 49.9 Å². The fourth-order valence-corrected chi connectivity index (χ4v) is 5.90. The van der Waals surface area contributed by atoms with Crippen LogP contribution in [0.4, 0.5) is 5.69 Å². The first kappa shape index (κ1) is 26.9. The Kier molecular flexibility index (Phi) is 10.3. The maximum absolute atomic E-state index is 12.9. The summed E-state index contributed by atoms with van der Waals surface area (Å²) in [5, 5.41) is 15.6. The molecular formula is C28H40N2O5. The largest absolute Gasteiger partial charge is 0.478 e. The highest BCUT2D eigenvalue weighted by Gasteiger charge is 2.50. The maximum atomic E-state index is 12.9. The van der Waals surface area contributed by atoms with Gasteiger partial charge in [-0.05, 0) is 37.8 Å². The van der Waals surface area contributed by atoms with E-state index in [0.29, 0.717) is 17.9 Å². The van der Waals surface area contributed by atoms with Gasteiger partial charge in [0.15, 0.2) is 5.78 Å². The number of aliphatic carboxylic acids is 2. The van der Waals surface area contributed by atoms with Crippen LogP contribution in [0.15, 0.2) is 42.5 Å². The van der Waals surface area contributed by atoms with Crippen LogP contribution in [-0.2, 0) is 14.4 Å². The van der Waals surface area contributed by atoms with Gasteiger partial charge in [0.2, 0.25) is 0 Å². The fraction of sp³-hybridized carbons (Fsp3) is 0.607. The Balaban J connectivity index is 0.000000371. The van der Waals surface area contributed by atoms with Crippen LogP contribution in [0.1, 0.15) is 77.0 Å². The number of rotatable bonds is 4. The minimum atomic E-state index is -1.26. The monoisotopic (exact) mass is 484 g/mol. The van der Waals surface area contributed by atoms with E-state index in [0.717, 1.165) is 44.9 Å². The van der Waals surface area contributed by atoms with Crippen LogP contribution in [0, 0.1) is 0 Å². The van der Waals surface area contributed by atoms with Crippen molar-refractivity contribution >= 4 is 23.4 Å². The van der Waals surface area contributed by atoms with Crippen LogP contribution in [0.25, 0.3) is 0 Å². The molecule has 3 fully saturated rings. The number of hydrogen-bond donors (Lipinski definition) is 2. The van der Waals surface area contributed by atoms with Gasteiger partial charge in [-0.2, -0.15) is 0 Å². The van der Waals surface area contributed by atoms with Crippen molar-refractivity contribution in [3.05, 3.63) is 42.5 Å². The second-order valence-electron chi connectivity index (χ2n) is 9.94. The fourth-order valence-electron chi connectivity index (χ4n) is 5.90. The number of nitrogens with zero attached hydrogens (tertiary/aromatic N) is 2. The number of ketones is 1. The molecule has 0 aromatic heterocycles. The van der Waals surface area contributed by atoms with Crippen molar-refractivity contribution in [3.63, 3.8) is 0 Å². The molecule has 1 aromatic rings. The summed E-state index contributed by atoms with van der Waals surface area (Å²) in [6.45, 7) is 3.09. The maximum Gasteiger partial charge on any atom is 0.328 e. The van der Waals surface area contributed by atoms with Gasteiger partial charge in [-0.25, -0.2) is 9.59 Å². The Morgan fingerprint density at radius 2 is 1.31 bits per heavy atom. The number of carbonyl (C=O) groups is 3. The molecule has 1 spiro atoms. The normalized spacial score (nSPS) is 22.1. The molecule has 2 saturated heterocycles. The van der Waals surface area contributed by atoms with Crippen LogP contribution >= 0.6 is 0 Å². The number of carboxylic acids is 2. The molecule has 2 aliphatic heterocycles. The topological polar surface area (TPSA) is 98.1 Å². The van der Waals surface area contributed by atoms with E-state index in [1.54, 1.807) is 0 Å². The molecule has 2 heterocycles. The van der Waals surface area contributed by atoms with Crippen molar-refractivity contribution in [2.75, 3.05) is 24.5 Å². The lowest BCUT2D eigenvalue weighted by Gasteiger charge is -2.47. The zero-order valence-electron chi connectivity index (χ0n) is 20.7. The summed E-state index contributed by atoms with van der Waals surface area (Å²) in [4.78, 5) is 37.2. The first-order valence-corrected chi connectivity index (χ1v) is 13.2. The van der Waals surface area contributed by atoms with Crippen molar-refractivity contribution < 1.29 is 24.6 Å². The zero-order chi connectivity index (χ0) is 25.1. The predicted octanol–water partition coefficient (Wildman–Crippen LogP) is 4.91. The second-order valence-corrected chi connectivity index (χ2v) is 9.94. The van der Waals surface area contributed by atoms with Gasteiger partial charge in [-0.3, -0.25) is 4.79 Å². The van der Waals surface area contributed by atoms with Gasteiger partial charge in [-0.15, -0.1) is 0 Å². The quantitative estimate of drug-likeness (QED) is 0.586. The van der Waals surface area contributed by atoms with Gasteiger partial charge in [0.1, 0.15) is 5.54 Å². The van der Waals surface area contributed by atoms with Crippen LogP contribution in [0.2, 0.25) is 0 Å². The Hall–Kier alpha value is -2.67. The average Bonchev–Trinajstić information content (AvgIpc) is 3.18. The number of carboxylic acid groups (broad SMARTS) is 2. The van der Waals surface area contributed by atoms with Crippen molar-refractivity contribution in [2.45, 2.75) is 88.6 Å². The molecule has 0 atom stereocenters. The SMILES string of the molecule is O=C(O)C=CC(=O)O.O=C1CCN(c2ccccc2)C12CCN(C1CCCCCCCCC1)CC2. The Labute approximate surface area is 208 Å². The van der Waals surface area contributed by atoms with Crippen LogP contribution in [-0.4, -0.2) is 64.0 Å². The molecule has 0 unspecified atom stereocenters. The summed E-state index contributed by atoms with van der Waals surface area (Å²) < 4.78 is 0. The van der Waals surface area contributed by atoms with E-state index >= 15 is 0 Å². The lowest BCUT2D eigenvalue weighted by molar-refractivity contribution is -0.134. The first-order valence-electron chi connectivity index (χ1n) is 13.2. The van der Waals surface area contributed by atoms with E-state index in [1.807, 2.05) is 0 Å². The van der Waals surface area contributed by atoms with E-state index in [-0.39, 0.29) is 5.54 Å². The molecular weight excluding hydrogens is 444 g/mol. The molecule has 192 valence electrons. The number of likely N-dealkylation sites (tertiary alicyclic amines) is 1. The van der Waals surface area contributed by atoms with Crippen molar-refractivity contribution in [2.24, 2.45) is 0 Å². The molecule has 35 heavy (non-hydrogen) atoms. The van der Waals surface area contributed by atoms with Crippen molar-refractivity contribution in [1.29, 1.82) is 0 Å². The highest BCUT2D eigenvalue weighted by molar-refractivity contribution is 5.95. The van der Waals surface area contributed by atoms with E-state index in [1.165, 1.54) is 63.5 Å². The standard InChI is InChI=1S/C24H36N2O.C4H4O4/c27-23-15-18-26(22-13-9-6-10-14-22)24(23)16-19-25(20-17-24)21-11-7-4-2-1-3-5-8-12-21;5-3(6)1-2-4(7)8/h6,9-10,13-14,21H,1-5,7-8,11-12,15-20H2;1-2H,(H,5,6)(H,7,8). The minimum Gasteiger partial charge on any atom is -0.478 e. The third-order valence-corrected chi connectivity index (χ3v) is 7.75. The number of carbonyl (C=O) groups excluding carboxylic acids is 1. The smallest absolute Gasteiger partial charge is 0.328 e. The number of para-hydroxylation sites is 1. The predicted molar refractivity (Wildman–Crippen MR) is 137 cm³/mol. The number of piperidine rings is 1. The van der Waals surface area contributed by atoms with Gasteiger partial charge in [0.05, 0.1) is 0 Å². The number of benzene rings is 1. The number of anilines is 1. The molecule has 3 aliphatic rings. The molecule has 2 N–H and O–H groups in total. The van der Waals surface area contributed by atoms with E-state index < -0.39 is 11.9 Å². The summed E-state index contributed by atoms with van der Waals surface area (Å²) in [6, 6.07) is 11.4. The summed E-state index contributed by atoms with van der Waals surface area (Å²) >= 11 is 0. The zero-order valence-corrected chi connectivity index (χ0v) is 20.7. The average molecular weight is 485 g/mol. The highest BCUT2D eigenvalue weighted by atomic mass is 16.4. The summed E-state index contributed by atoms with van der Waals surface area (Å²) in [7, 11) is 0. The Morgan fingerprint density at radius 3 is 1.83 bits per heavy atom. The van der Waals surface area contributed by atoms with E-state index in [2.05, 4.69) is 40.1 Å². The molecule has 4 rings (SSSR count). The lowest BCUT2D eigenvalue weighted by atomic mass is 9.82. The first-order chi connectivity index (χ1) is 16.9. The molecule has 1 aromatic carbocycles. The summed E-state index contributed by atoms with van der Waals surface area (Å²) in [5.41, 5.74) is 1.00. The van der Waals surface area contributed by atoms with Crippen LogP contribution in [0.5, 0.6) is 0 Å². The lowest BCUT2D eigenvalue weighted by Crippen LogP contribution is -2.57. The van der Waals surface area contributed by atoms with Gasteiger partial charge in [0.25, 0.3) is 0 Å².